The van der Waals surface area contributed by atoms with E-state index in [1.54, 1.807) is 6.07 Å². The molecule has 0 spiro atoms. The molecule has 4 rings (SSSR count). The van der Waals surface area contributed by atoms with Gasteiger partial charge in [-0.15, -0.1) is 0 Å². The summed E-state index contributed by atoms with van der Waals surface area (Å²) in [6.07, 6.45) is 1.00. The number of aryl methyl sites for hydroxylation is 1. The van der Waals surface area contributed by atoms with E-state index in [0.717, 1.165) is 16.8 Å². The molecule has 0 aliphatic carbocycles. The zero-order chi connectivity index (χ0) is 22.0. The number of anilines is 2. The van der Waals surface area contributed by atoms with Crippen LogP contribution in [0, 0.1) is 6.92 Å². The number of amides is 1. The van der Waals surface area contributed by atoms with Gasteiger partial charge in [0.1, 0.15) is 11.9 Å². The number of hydrogen-bond donors (Lipinski definition) is 3. The average molecular weight is 439 g/mol. The van der Waals surface area contributed by atoms with E-state index < -0.39 is 6.04 Å². The summed E-state index contributed by atoms with van der Waals surface area (Å²) in [5.74, 6) is 0.325. The van der Waals surface area contributed by atoms with Crippen LogP contribution in [0.3, 0.4) is 0 Å². The Kier molecular flexibility index (Phi) is 5.90. The molecule has 8 nitrogen and oxygen atoms in total. The van der Waals surface area contributed by atoms with Crippen LogP contribution < -0.4 is 21.9 Å². The van der Waals surface area contributed by atoms with Gasteiger partial charge in [0.2, 0.25) is 5.91 Å². The Morgan fingerprint density at radius 1 is 1.19 bits per heavy atom. The van der Waals surface area contributed by atoms with Crippen molar-refractivity contribution in [2.24, 2.45) is 0 Å². The van der Waals surface area contributed by atoms with Crippen molar-refractivity contribution in [1.82, 2.24) is 19.9 Å². The van der Waals surface area contributed by atoms with Crippen molar-refractivity contribution >= 4 is 29.1 Å². The minimum Gasteiger partial charge on any atom is -0.384 e. The highest BCUT2D eigenvalue weighted by atomic mass is 35.5. The van der Waals surface area contributed by atoms with Gasteiger partial charge in [-0.25, -0.2) is 9.97 Å². The van der Waals surface area contributed by atoms with Gasteiger partial charge in [-0.05, 0) is 37.0 Å². The maximum absolute atomic E-state index is 13.1. The van der Waals surface area contributed by atoms with Crippen LogP contribution in [0.25, 0.3) is 0 Å². The lowest BCUT2D eigenvalue weighted by atomic mass is 10.1. The molecule has 0 saturated carbocycles. The van der Waals surface area contributed by atoms with Crippen molar-refractivity contribution < 1.29 is 4.79 Å². The van der Waals surface area contributed by atoms with Crippen LogP contribution in [-0.2, 0) is 24.3 Å². The van der Waals surface area contributed by atoms with Crippen LogP contribution in [-0.4, -0.2) is 20.4 Å². The number of nitrogens with zero attached hydrogens (tertiary/aromatic N) is 3. The third-order valence-electron chi connectivity index (χ3n) is 5.40. The first-order valence-corrected chi connectivity index (χ1v) is 10.4. The molecule has 0 bridgehead atoms. The fraction of sp³-hybridized carbons (Fsp3) is 0.273. The van der Waals surface area contributed by atoms with E-state index in [9.17, 15) is 9.59 Å². The average Bonchev–Trinajstić information content (AvgIpc) is 3.21. The summed E-state index contributed by atoms with van der Waals surface area (Å²) in [5.41, 5.74) is 8.55. The van der Waals surface area contributed by atoms with Gasteiger partial charge in [-0.2, -0.15) is 0 Å². The summed E-state index contributed by atoms with van der Waals surface area (Å²) in [6.45, 7) is 2.57. The number of nitrogens with two attached hydrogens (primary N) is 1. The Bertz CT molecular complexity index is 1180. The van der Waals surface area contributed by atoms with Gasteiger partial charge in [-0.3, -0.25) is 14.2 Å². The Labute approximate surface area is 184 Å². The topological polar surface area (TPSA) is 115 Å². The minimum atomic E-state index is -0.637. The molecule has 0 unspecified atom stereocenters. The molecule has 3 heterocycles. The predicted molar refractivity (Wildman–Crippen MR) is 120 cm³/mol. The molecule has 2 aromatic heterocycles. The maximum Gasteiger partial charge on any atom is 0.294 e. The highest BCUT2D eigenvalue weighted by Gasteiger charge is 2.32. The number of rotatable bonds is 6. The second-order valence-electron chi connectivity index (χ2n) is 7.47. The number of nitrogen functional groups attached to an aromatic ring is 1. The van der Waals surface area contributed by atoms with E-state index in [4.69, 9.17) is 17.3 Å². The highest BCUT2D eigenvalue weighted by Crippen LogP contribution is 2.29. The minimum absolute atomic E-state index is 0.135. The van der Waals surface area contributed by atoms with Gasteiger partial charge in [0, 0.05) is 18.8 Å². The molecule has 31 heavy (non-hydrogen) atoms. The van der Waals surface area contributed by atoms with Crippen molar-refractivity contribution in [2.75, 3.05) is 11.1 Å². The first-order valence-electron chi connectivity index (χ1n) is 10.0. The Hall–Kier alpha value is -3.39. The van der Waals surface area contributed by atoms with Crippen LogP contribution in [0.2, 0.25) is 5.15 Å². The Balaban J connectivity index is 1.53. The number of nitrogens with one attached hydrogen (secondary N) is 2. The first-order chi connectivity index (χ1) is 14.9. The lowest BCUT2D eigenvalue weighted by molar-refractivity contribution is -0.124. The number of pyridine rings is 1. The zero-order valence-electron chi connectivity index (χ0n) is 17.1. The third kappa shape index (κ3) is 4.39. The lowest BCUT2D eigenvalue weighted by Gasteiger charge is -2.17. The van der Waals surface area contributed by atoms with E-state index in [0.29, 0.717) is 37.4 Å². The molecule has 9 heteroatoms. The predicted octanol–water partition coefficient (Wildman–Crippen LogP) is 2.60. The molecule has 1 amide bonds. The fourth-order valence-corrected chi connectivity index (χ4v) is 4.01. The van der Waals surface area contributed by atoms with Crippen molar-refractivity contribution in [3.63, 3.8) is 0 Å². The van der Waals surface area contributed by atoms with E-state index in [1.165, 1.54) is 4.57 Å². The largest absolute Gasteiger partial charge is 0.384 e. The van der Waals surface area contributed by atoms with Gasteiger partial charge in [0.25, 0.3) is 5.56 Å². The second kappa shape index (κ2) is 8.77. The second-order valence-corrected chi connectivity index (χ2v) is 7.82. The van der Waals surface area contributed by atoms with Crippen LogP contribution >= 0.6 is 11.6 Å². The summed E-state index contributed by atoms with van der Waals surface area (Å²) in [6, 6.07) is 12.6. The summed E-state index contributed by atoms with van der Waals surface area (Å²) < 4.78 is 1.46. The Morgan fingerprint density at radius 2 is 1.97 bits per heavy atom. The molecule has 0 radical (unpaired) electrons. The first kappa shape index (κ1) is 20.9. The van der Waals surface area contributed by atoms with Crippen LogP contribution in [0.5, 0.6) is 0 Å². The molecule has 0 saturated heterocycles. The van der Waals surface area contributed by atoms with Crippen molar-refractivity contribution in [3.8, 4) is 0 Å². The van der Waals surface area contributed by atoms with Gasteiger partial charge in [0.05, 0.1) is 5.69 Å². The van der Waals surface area contributed by atoms with E-state index >= 15 is 0 Å². The zero-order valence-corrected chi connectivity index (χ0v) is 17.8. The normalized spacial score (nSPS) is 14.8. The maximum atomic E-state index is 13.1. The number of hydrogen-bond acceptors (Lipinski definition) is 6. The van der Waals surface area contributed by atoms with E-state index in [-0.39, 0.29) is 22.4 Å². The molecule has 1 aliphatic rings. The highest BCUT2D eigenvalue weighted by molar-refractivity contribution is 6.30. The van der Waals surface area contributed by atoms with Crippen molar-refractivity contribution in [3.05, 3.63) is 80.5 Å². The number of fused-ring (bicyclic) bond motifs is 1. The van der Waals surface area contributed by atoms with Gasteiger partial charge in [-0.1, -0.05) is 48.0 Å². The third-order valence-corrected chi connectivity index (χ3v) is 5.70. The molecule has 0 fully saturated rings. The summed E-state index contributed by atoms with van der Waals surface area (Å²) in [5, 5.41) is 6.19. The monoisotopic (exact) mass is 438 g/mol. The van der Waals surface area contributed by atoms with Crippen LogP contribution in [0.4, 0.5) is 11.6 Å². The number of carbonyl (C=O) groups is 1. The molecule has 3 aromatic rings. The van der Waals surface area contributed by atoms with Crippen LogP contribution in [0.1, 0.15) is 35.0 Å². The van der Waals surface area contributed by atoms with E-state index in [2.05, 4.69) is 20.6 Å². The van der Waals surface area contributed by atoms with Crippen LogP contribution in [0.15, 0.2) is 47.3 Å². The quantitative estimate of drug-likeness (QED) is 0.545. The Morgan fingerprint density at radius 3 is 2.71 bits per heavy atom. The summed E-state index contributed by atoms with van der Waals surface area (Å²) >= 11 is 6.34. The summed E-state index contributed by atoms with van der Waals surface area (Å²) in [7, 11) is 0. The molecule has 1 aliphatic heterocycles. The lowest BCUT2D eigenvalue weighted by Crippen LogP contribution is -2.36. The smallest absolute Gasteiger partial charge is 0.294 e. The van der Waals surface area contributed by atoms with Crippen molar-refractivity contribution in [2.45, 2.75) is 38.9 Å². The van der Waals surface area contributed by atoms with E-state index in [1.807, 2.05) is 43.3 Å². The molecular formula is C22H23ClN6O2. The number of carbonyl (C=O) groups excluding carboxylic acids is 1. The molecule has 160 valence electrons. The standard InChI is InChI=1S/C22H23ClN6O2/c1-13-15(7-10-18(24)27-13)12-26-21(30)17-9-8-16-19(23)28-20(22(31)29(16)17)25-11-14-5-3-2-4-6-14/h2-7,10,17H,8-9,11-12H2,1H3,(H2,24,27)(H,25,28)(H,26,30)/t17-/m1/s1. The number of halogens is 1. The van der Waals surface area contributed by atoms with Gasteiger partial charge >= 0.3 is 0 Å². The molecular weight excluding hydrogens is 416 g/mol. The molecule has 1 aromatic carbocycles. The van der Waals surface area contributed by atoms with Gasteiger partial charge < -0.3 is 16.4 Å². The SMILES string of the molecule is Cc1nc(N)ccc1CNC(=O)[C@H]1CCc2c(Cl)nc(NCc3ccccc3)c(=O)n21. The van der Waals surface area contributed by atoms with Gasteiger partial charge in [0.15, 0.2) is 11.0 Å². The number of aromatic nitrogens is 3. The summed E-state index contributed by atoms with van der Waals surface area (Å²) in [4.78, 5) is 34.4. The fourth-order valence-electron chi connectivity index (χ4n) is 3.74. The molecule has 4 N–H and O–H groups in total. The number of benzene rings is 1. The van der Waals surface area contributed by atoms with Crippen molar-refractivity contribution in [1.29, 1.82) is 0 Å². The molecule has 1 atom stereocenters.